The molecule has 1 N–H and O–H groups in total. The second-order valence-electron chi connectivity index (χ2n) is 6.91. The molecule has 1 amide bonds. The summed E-state index contributed by atoms with van der Waals surface area (Å²) < 4.78 is 30.2. The van der Waals surface area contributed by atoms with Gasteiger partial charge in [0.1, 0.15) is 12.4 Å². The number of anilines is 2. The van der Waals surface area contributed by atoms with Crippen LogP contribution in [0.2, 0.25) is 5.02 Å². The molecule has 0 bridgehead atoms. The van der Waals surface area contributed by atoms with Crippen LogP contribution < -0.4 is 14.4 Å². The van der Waals surface area contributed by atoms with Gasteiger partial charge in [-0.3, -0.25) is 14.4 Å². The Kier molecular flexibility index (Phi) is 5.74. The van der Waals surface area contributed by atoms with Crippen LogP contribution in [0.15, 0.2) is 53.4 Å². The van der Waals surface area contributed by atoms with Gasteiger partial charge in [-0.25, -0.2) is 13.4 Å². The van der Waals surface area contributed by atoms with Gasteiger partial charge in [-0.15, -0.1) is 11.3 Å². The maximum atomic E-state index is 12.6. The third-order valence-corrected chi connectivity index (χ3v) is 6.92. The molecule has 0 spiro atoms. The Hall–Kier alpha value is -2.88. The lowest BCUT2D eigenvalue weighted by molar-refractivity contribution is -0.113. The summed E-state index contributed by atoms with van der Waals surface area (Å²) in [5, 5.41) is 5.64. The predicted octanol–water partition coefficient (Wildman–Crippen LogP) is 4.27. The van der Waals surface area contributed by atoms with Crippen LogP contribution in [0.1, 0.15) is 5.56 Å². The molecule has 0 saturated heterocycles. The van der Waals surface area contributed by atoms with Gasteiger partial charge in [0.2, 0.25) is 10.0 Å². The molecule has 1 aliphatic rings. The Balaban J connectivity index is 1.48. The molecule has 7 nitrogen and oxygen atoms in total. The molecule has 2 aromatic carbocycles. The number of ether oxygens (including phenoxy) is 1. The van der Waals surface area contributed by atoms with E-state index in [1.807, 2.05) is 5.38 Å². The van der Waals surface area contributed by atoms with Gasteiger partial charge in [0.25, 0.3) is 5.91 Å². The molecule has 1 aromatic heterocycles. The van der Waals surface area contributed by atoms with Crippen molar-refractivity contribution in [3.63, 3.8) is 0 Å². The number of carbonyl (C=O) groups is 1. The number of halogens is 1. The summed E-state index contributed by atoms with van der Waals surface area (Å²) in [6, 6.07) is 12.2. The molecule has 31 heavy (non-hydrogen) atoms. The summed E-state index contributed by atoms with van der Waals surface area (Å²) in [7, 11) is -1.83. The van der Waals surface area contributed by atoms with Crippen molar-refractivity contribution in [3.8, 4) is 17.0 Å². The van der Waals surface area contributed by atoms with Crippen LogP contribution in [-0.2, 0) is 14.8 Å². The van der Waals surface area contributed by atoms with Crippen molar-refractivity contribution in [1.29, 1.82) is 0 Å². The van der Waals surface area contributed by atoms with Crippen LogP contribution in [-0.4, -0.2) is 39.2 Å². The number of nitrogens with one attached hydrogen (secondary N) is 1. The van der Waals surface area contributed by atoms with Gasteiger partial charge in [0.05, 0.1) is 23.2 Å². The fraction of sp³-hybridized carbons (Fsp3) is 0.143. The summed E-state index contributed by atoms with van der Waals surface area (Å²) in [5.41, 5.74) is 3.27. The van der Waals surface area contributed by atoms with Crippen molar-refractivity contribution in [2.24, 2.45) is 0 Å². The standard InChI is InChI=1S/C21H18ClN3O4S2/c1-25(31(2,27)28)17-6-3-13(4-7-17)18-12-30-21(23-18)24-20(26)15-9-14-10-16(22)5-8-19(14)29-11-15/h3-10,12H,11H2,1-2H3,(H,23,24,26). The van der Waals surface area contributed by atoms with E-state index in [0.29, 0.717) is 32.9 Å². The molecule has 1 aliphatic heterocycles. The SMILES string of the molecule is CN(c1ccc(-c2csc(NC(=O)C3=Cc4cc(Cl)ccc4OC3)n2)cc1)S(C)(=O)=O. The van der Waals surface area contributed by atoms with Gasteiger partial charge < -0.3 is 4.74 Å². The Morgan fingerprint density at radius 2 is 1.97 bits per heavy atom. The smallest absolute Gasteiger partial charge is 0.256 e. The molecule has 0 unspecified atom stereocenters. The zero-order valence-corrected chi connectivity index (χ0v) is 19.0. The number of aromatic nitrogens is 1. The van der Waals surface area contributed by atoms with E-state index < -0.39 is 10.0 Å². The Morgan fingerprint density at radius 1 is 1.23 bits per heavy atom. The van der Waals surface area contributed by atoms with E-state index in [0.717, 1.165) is 17.4 Å². The number of nitrogens with zero attached hydrogens (tertiary/aromatic N) is 2. The molecule has 0 saturated carbocycles. The van der Waals surface area contributed by atoms with Crippen LogP contribution in [0.5, 0.6) is 5.75 Å². The van der Waals surface area contributed by atoms with Crippen LogP contribution in [0.4, 0.5) is 10.8 Å². The fourth-order valence-electron chi connectivity index (χ4n) is 2.95. The molecule has 0 aliphatic carbocycles. The number of rotatable bonds is 5. The monoisotopic (exact) mass is 475 g/mol. The Bertz CT molecular complexity index is 1280. The lowest BCUT2D eigenvalue weighted by Crippen LogP contribution is -2.24. The minimum atomic E-state index is -3.33. The number of hydrogen-bond acceptors (Lipinski definition) is 6. The molecule has 160 valence electrons. The van der Waals surface area contributed by atoms with Gasteiger partial charge in [-0.1, -0.05) is 23.7 Å². The quantitative estimate of drug-likeness (QED) is 0.595. The first kappa shape index (κ1) is 21.4. The first-order chi connectivity index (χ1) is 14.7. The van der Waals surface area contributed by atoms with Crippen molar-refractivity contribution < 1.29 is 17.9 Å². The second-order valence-corrected chi connectivity index (χ2v) is 10.2. The summed E-state index contributed by atoms with van der Waals surface area (Å²) in [6.07, 6.45) is 2.90. The van der Waals surface area contributed by atoms with Crippen molar-refractivity contribution in [2.45, 2.75) is 0 Å². The van der Waals surface area contributed by atoms with E-state index in [1.165, 1.54) is 22.7 Å². The van der Waals surface area contributed by atoms with E-state index in [1.54, 1.807) is 48.5 Å². The normalized spacial score (nSPS) is 13.1. The number of amides is 1. The molecule has 0 fully saturated rings. The number of fused-ring (bicyclic) bond motifs is 1. The van der Waals surface area contributed by atoms with E-state index in [4.69, 9.17) is 16.3 Å². The second kappa shape index (κ2) is 8.33. The summed E-state index contributed by atoms with van der Waals surface area (Å²) in [6.45, 7) is 0.161. The molecule has 3 aromatic rings. The third-order valence-electron chi connectivity index (χ3n) is 4.73. The number of sulfonamides is 1. The molecule has 0 atom stereocenters. The first-order valence-corrected chi connectivity index (χ1v) is 12.3. The minimum Gasteiger partial charge on any atom is -0.488 e. The highest BCUT2D eigenvalue weighted by atomic mass is 35.5. The third kappa shape index (κ3) is 4.73. The lowest BCUT2D eigenvalue weighted by atomic mass is 10.1. The summed E-state index contributed by atoms with van der Waals surface area (Å²) in [4.78, 5) is 17.1. The van der Waals surface area contributed by atoms with Gasteiger partial charge >= 0.3 is 0 Å². The Morgan fingerprint density at radius 3 is 2.68 bits per heavy atom. The highest BCUT2D eigenvalue weighted by molar-refractivity contribution is 7.92. The topological polar surface area (TPSA) is 88.6 Å². The Labute approximate surface area is 189 Å². The van der Waals surface area contributed by atoms with Crippen LogP contribution in [0.3, 0.4) is 0 Å². The predicted molar refractivity (Wildman–Crippen MR) is 124 cm³/mol. The highest BCUT2D eigenvalue weighted by Crippen LogP contribution is 2.30. The van der Waals surface area contributed by atoms with Crippen LogP contribution in [0.25, 0.3) is 17.3 Å². The number of carbonyl (C=O) groups excluding carboxylic acids is 1. The molecule has 4 rings (SSSR count). The summed E-state index contributed by atoms with van der Waals surface area (Å²) in [5.74, 6) is 0.388. The van der Waals surface area contributed by atoms with E-state index >= 15 is 0 Å². The molecular formula is C21H18ClN3O4S2. The largest absolute Gasteiger partial charge is 0.488 e. The number of hydrogen-bond donors (Lipinski definition) is 1. The fourth-order valence-corrected chi connectivity index (χ4v) is 4.35. The van der Waals surface area contributed by atoms with Crippen molar-refractivity contribution in [1.82, 2.24) is 4.98 Å². The summed E-state index contributed by atoms with van der Waals surface area (Å²) >= 11 is 7.32. The minimum absolute atomic E-state index is 0.161. The molecule has 10 heteroatoms. The number of thiazole rings is 1. The van der Waals surface area contributed by atoms with Gasteiger partial charge in [0, 0.05) is 28.6 Å². The zero-order chi connectivity index (χ0) is 22.2. The van der Waals surface area contributed by atoms with Gasteiger partial charge in [0.15, 0.2) is 5.13 Å². The van der Waals surface area contributed by atoms with E-state index in [2.05, 4.69) is 10.3 Å². The molecule has 2 heterocycles. The van der Waals surface area contributed by atoms with Crippen LogP contribution in [0, 0.1) is 0 Å². The first-order valence-electron chi connectivity index (χ1n) is 9.15. The number of benzene rings is 2. The highest BCUT2D eigenvalue weighted by Gasteiger charge is 2.19. The van der Waals surface area contributed by atoms with Gasteiger partial charge in [-0.05, 0) is 36.4 Å². The lowest BCUT2D eigenvalue weighted by Gasteiger charge is -2.17. The van der Waals surface area contributed by atoms with E-state index in [9.17, 15) is 13.2 Å². The zero-order valence-electron chi connectivity index (χ0n) is 16.6. The maximum Gasteiger partial charge on any atom is 0.256 e. The van der Waals surface area contributed by atoms with Crippen molar-refractivity contribution >= 4 is 55.8 Å². The van der Waals surface area contributed by atoms with E-state index in [-0.39, 0.29) is 12.5 Å². The maximum absolute atomic E-state index is 12.6. The van der Waals surface area contributed by atoms with Gasteiger partial charge in [-0.2, -0.15) is 0 Å². The average Bonchev–Trinajstić information content (AvgIpc) is 3.20. The van der Waals surface area contributed by atoms with Crippen molar-refractivity contribution in [2.75, 3.05) is 29.5 Å². The molecular weight excluding hydrogens is 458 g/mol. The average molecular weight is 476 g/mol. The molecule has 0 radical (unpaired) electrons. The van der Waals surface area contributed by atoms with Crippen molar-refractivity contribution in [3.05, 3.63) is 64.0 Å². The van der Waals surface area contributed by atoms with Crippen LogP contribution >= 0.6 is 22.9 Å².